The van der Waals surface area contributed by atoms with Crippen molar-refractivity contribution in [3.8, 4) is 10.6 Å². The van der Waals surface area contributed by atoms with Crippen molar-refractivity contribution in [2.75, 3.05) is 11.9 Å². The number of piperidine rings is 1. The summed E-state index contributed by atoms with van der Waals surface area (Å²) < 4.78 is 0. The molecular weight excluding hydrogens is 420 g/mol. The van der Waals surface area contributed by atoms with E-state index in [-0.39, 0.29) is 11.9 Å². The Kier molecular flexibility index (Phi) is 6.86. The third kappa shape index (κ3) is 5.00. The first-order valence-electron chi connectivity index (χ1n) is 11.2. The van der Waals surface area contributed by atoms with Crippen LogP contribution in [-0.4, -0.2) is 38.5 Å². The van der Waals surface area contributed by atoms with E-state index in [4.69, 9.17) is 0 Å². The summed E-state index contributed by atoms with van der Waals surface area (Å²) in [6, 6.07) is 13.6. The second-order valence-electron chi connectivity index (χ2n) is 8.51. The van der Waals surface area contributed by atoms with Crippen LogP contribution in [0, 0.1) is 5.92 Å². The van der Waals surface area contributed by atoms with E-state index in [0.717, 1.165) is 46.1 Å². The van der Waals surface area contributed by atoms with Crippen LogP contribution in [0.5, 0.6) is 0 Å². The highest BCUT2D eigenvalue weighted by molar-refractivity contribution is 7.17. The van der Waals surface area contributed by atoms with Gasteiger partial charge in [0, 0.05) is 24.5 Å². The number of aliphatic hydroxyl groups is 1. The van der Waals surface area contributed by atoms with Gasteiger partial charge in [0.05, 0.1) is 21.6 Å². The maximum absolute atomic E-state index is 13.2. The Bertz CT molecular complexity index is 1080. The third-order valence-corrected chi connectivity index (χ3v) is 7.26. The zero-order valence-electron chi connectivity index (χ0n) is 18.8. The van der Waals surface area contributed by atoms with Gasteiger partial charge in [-0.15, -0.1) is 11.3 Å². The molecule has 168 valence electrons. The van der Waals surface area contributed by atoms with Crippen molar-refractivity contribution in [2.45, 2.75) is 52.2 Å². The van der Waals surface area contributed by atoms with Crippen molar-refractivity contribution in [3.05, 3.63) is 59.1 Å². The number of aromatic nitrogens is 2. The Morgan fingerprint density at radius 2 is 2.12 bits per heavy atom. The zero-order valence-corrected chi connectivity index (χ0v) is 19.6. The molecule has 1 aliphatic rings. The first-order chi connectivity index (χ1) is 15.4. The van der Waals surface area contributed by atoms with E-state index in [2.05, 4.69) is 29.1 Å². The summed E-state index contributed by atoms with van der Waals surface area (Å²) in [6.45, 7) is 6.93. The van der Waals surface area contributed by atoms with Gasteiger partial charge in [-0.25, -0.2) is 9.97 Å². The quantitative estimate of drug-likeness (QED) is 0.507. The van der Waals surface area contributed by atoms with Gasteiger partial charge in [-0.3, -0.25) is 4.79 Å². The van der Waals surface area contributed by atoms with Gasteiger partial charge < -0.3 is 15.3 Å². The number of likely N-dealkylation sites (tertiary alicyclic amines) is 1. The summed E-state index contributed by atoms with van der Waals surface area (Å²) in [6.07, 6.45) is 4.56. The minimum absolute atomic E-state index is 0.120. The van der Waals surface area contributed by atoms with Gasteiger partial charge in [0.2, 0.25) is 5.95 Å². The molecule has 0 spiro atoms. The number of anilines is 2. The van der Waals surface area contributed by atoms with Gasteiger partial charge in [-0.05, 0) is 68.5 Å². The molecule has 0 bridgehead atoms. The molecule has 7 heteroatoms. The van der Waals surface area contributed by atoms with Gasteiger partial charge in [-0.1, -0.05) is 25.5 Å². The number of amides is 1. The van der Waals surface area contributed by atoms with Crippen molar-refractivity contribution in [1.82, 2.24) is 14.9 Å². The molecule has 1 aliphatic heterocycles. The van der Waals surface area contributed by atoms with Crippen LogP contribution in [0.4, 0.5) is 11.6 Å². The molecule has 0 saturated carbocycles. The van der Waals surface area contributed by atoms with Gasteiger partial charge in [0.1, 0.15) is 0 Å². The largest absolute Gasteiger partial charge is 0.389 e. The molecule has 2 aromatic heterocycles. The number of benzene rings is 1. The van der Waals surface area contributed by atoms with Crippen LogP contribution in [0.1, 0.15) is 61.4 Å². The van der Waals surface area contributed by atoms with E-state index in [1.165, 1.54) is 17.8 Å². The van der Waals surface area contributed by atoms with Gasteiger partial charge in [0.15, 0.2) is 0 Å². The van der Waals surface area contributed by atoms with Crippen LogP contribution in [0.2, 0.25) is 0 Å². The summed E-state index contributed by atoms with van der Waals surface area (Å²) in [7, 11) is 0. The molecule has 0 radical (unpaired) electrons. The standard InChI is InChI=1S/C25H30N4O2S/c1-4-18-9-8-16(2)29(15-18)24(31)23-11-10-22(32-23)21-12-13-26-25(28-21)27-20-7-5-6-19(14-20)17(3)30/h5-7,10-14,16-18,30H,4,8-9,15H2,1-3H3,(H,26,27,28). The zero-order chi connectivity index (χ0) is 22.7. The van der Waals surface area contributed by atoms with Crippen molar-refractivity contribution in [1.29, 1.82) is 0 Å². The Morgan fingerprint density at radius 3 is 2.91 bits per heavy atom. The molecule has 4 rings (SSSR count). The molecule has 32 heavy (non-hydrogen) atoms. The van der Waals surface area contributed by atoms with Crippen LogP contribution >= 0.6 is 11.3 Å². The van der Waals surface area contributed by atoms with Crippen LogP contribution in [0.25, 0.3) is 10.6 Å². The molecule has 0 aliphatic carbocycles. The predicted molar refractivity (Wildman–Crippen MR) is 129 cm³/mol. The van der Waals surface area contributed by atoms with E-state index in [0.29, 0.717) is 11.9 Å². The second kappa shape index (κ2) is 9.79. The lowest BCUT2D eigenvalue weighted by atomic mass is 9.91. The molecular formula is C25H30N4O2S. The number of carbonyl (C=O) groups excluding carboxylic acids is 1. The normalized spacial score (nSPS) is 19.6. The molecule has 1 saturated heterocycles. The summed E-state index contributed by atoms with van der Waals surface area (Å²) in [5.74, 6) is 1.19. The van der Waals surface area contributed by atoms with Crippen LogP contribution in [0.3, 0.4) is 0 Å². The highest BCUT2D eigenvalue weighted by Gasteiger charge is 2.29. The topological polar surface area (TPSA) is 78.4 Å². The lowest BCUT2D eigenvalue weighted by Crippen LogP contribution is -2.45. The fourth-order valence-electron chi connectivity index (χ4n) is 4.09. The Labute approximate surface area is 193 Å². The SMILES string of the molecule is CCC1CCC(C)N(C(=O)c2ccc(-c3ccnc(Nc4cccc(C(C)O)c4)n3)s2)C1. The van der Waals surface area contributed by atoms with Gasteiger partial charge in [-0.2, -0.15) is 0 Å². The van der Waals surface area contributed by atoms with Crippen molar-refractivity contribution >= 4 is 28.9 Å². The second-order valence-corrected chi connectivity index (χ2v) is 9.60. The molecule has 1 aromatic carbocycles. The average Bonchev–Trinajstić information content (AvgIpc) is 3.30. The third-order valence-electron chi connectivity index (χ3n) is 6.17. The van der Waals surface area contributed by atoms with Gasteiger partial charge in [0.25, 0.3) is 5.91 Å². The lowest BCUT2D eigenvalue weighted by Gasteiger charge is -2.37. The smallest absolute Gasteiger partial charge is 0.264 e. The van der Waals surface area contributed by atoms with E-state index in [1.807, 2.05) is 47.4 Å². The number of hydrogen-bond donors (Lipinski definition) is 2. The van der Waals surface area contributed by atoms with E-state index in [9.17, 15) is 9.90 Å². The number of carbonyl (C=O) groups is 1. The summed E-state index contributed by atoms with van der Waals surface area (Å²) in [5, 5.41) is 13.0. The van der Waals surface area contributed by atoms with Crippen LogP contribution < -0.4 is 5.32 Å². The molecule has 3 heterocycles. The minimum atomic E-state index is -0.540. The molecule has 3 unspecified atom stereocenters. The molecule has 3 atom stereocenters. The first-order valence-corrected chi connectivity index (χ1v) is 12.1. The monoisotopic (exact) mass is 450 g/mol. The maximum Gasteiger partial charge on any atom is 0.264 e. The predicted octanol–water partition coefficient (Wildman–Crippen LogP) is 5.65. The number of rotatable bonds is 6. The number of hydrogen-bond acceptors (Lipinski definition) is 6. The summed E-state index contributed by atoms with van der Waals surface area (Å²) >= 11 is 1.48. The minimum Gasteiger partial charge on any atom is -0.389 e. The number of nitrogens with zero attached hydrogens (tertiary/aromatic N) is 3. The fourth-order valence-corrected chi connectivity index (χ4v) is 5.02. The molecule has 6 nitrogen and oxygen atoms in total. The highest BCUT2D eigenvalue weighted by Crippen LogP contribution is 2.31. The van der Waals surface area contributed by atoms with Crippen molar-refractivity contribution in [2.24, 2.45) is 5.92 Å². The molecule has 1 amide bonds. The molecule has 1 fully saturated rings. The van der Waals surface area contributed by atoms with E-state index >= 15 is 0 Å². The van der Waals surface area contributed by atoms with Crippen LogP contribution in [0.15, 0.2) is 48.7 Å². The van der Waals surface area contributed by atoms with E-state index in [1.54, 1.807) is 13.1 Å². The molecule has 2 N–H and O–H groups in total. The fraction of sp³-hybridized carbons (Fsp3) is 0.400. The number of aliphatic hydroxyl groups excluding tert-OH is 1. The summed E-state index contributed by atoms with van der Waals surface area (Å²) in [5.41, 5.74) is 2.41. The first kappa shape index (κ1) is 22.4. The Hall–Kier alpha value is -2.77. The van der Waals surface area contributed by atoms with Crippen molar-refractivity contribution in [3.63, 3.8) is 0 Å². The average molecular weight is 451 g/mol. The Morgan fingerprint density at radius 1 is 1.28 bits per heavy atom. The van der Waals surface area contributed by atoms with Gasteiger partial charge >= 0.3 is 0 Å². The lowest BCUT2D eigenvalue weighted by molar-refractivity contribution is 0.0561. The van der Waals surface area contributed by atoms with E-state index < -0.39 is 6.10 Å². The highest BCUT2D eigenvalue weighted by atomic mass is 32.1. The molecule has 3 aromatic rings. The van der Waals surface area contributed by atoms with Crippen LogP contribution in [-0.2, 0) is 0 Å². The Balaban J connectivity index is 1.51. The number of nitrogens with one attached hydrogen (secondary N) is 1. The maximum atomic E-state index is 13.2. The number of thiophene rings is 1. The van der Waals surface area contributed by atoms with Crippen molar-refractivity contribution < 1.29 is 9.90 Å². The summed E-state index contributed by atoms with van der Waals surface area (Å²) in [4.78, 5) is 25.9.